The average Bonchev–Trinajstić information content (AvgIpc) is 2.33. The SMILES string of the molecule is O=C(Nc1ccc(Cl)cc1)c1c[c]cnc1. The molecular weight excluding hydrogens is 224 g/mol. The molecule has 1 amide bonds. The first-order chi connectivity index (χ1) is 7.75. The highest BCUT2D eigenvalue weighted by molar-refractivity contribution is 6.30. The predicted octanol–water partition coefficient (Wildman–Crippen LogP) is 2.79. The van der Waals surface area contributed by atoms with Crippen molar-refractivity contribution in [2.75, 3.05) is 5.32 Å². The Kier molecular flexibility index (Phi) is 3.17. The van der Waals surface area contributed by atoms with E-state index in [1.807, 2.05) is 0 Å². The van der Waals surface area contributed by atoms with Gasteiger partial charge in [-0.1, -0.05) is 11.6 Å². The molecule has 0 saturated heterocycles. The number of nitrogens with zero attached hydrogens (tertiary/aromatic N) is 1. The molecule has 1 radical (unpaired) electrons. The molecule has 4 heteroatoms. The summed E-state index contributed by atoms with van der Waals surface area (Å²) in [5.74, 6) is -0.216. The van der Waals surface area contributed by atoms with Crippen molar-refractivity contribution in [2.45, 2.75) is 0 Å². The lowest BCUT2D eigenvalue weighted by atomic mass is 10.2. The van der Waals surface area contributed by atoms with Gasteiger partial charge in [-0.05, 0) is 30.3 Å². The summed E-state index contributed by atoms with van der Waals surface area (Å²) in [7, 11) is 0. The highest BCUT2D eigenvalue weighted by Gasteiger charge is 2.04. The maximum atomic E-state index is 11.7. The Morgan fingerprint density at radius 2 is 2.06 bits per heavy atom. The van der Waals surface area contributed by atoms with Gasteiger partial charge in [0.05, 0.1) is 5.56 Å². The zero-order chi connectivity index (χ0) is 11.4. The Hall–Kier alpha value is -1.87. The highest BCUT2D eigenvalue weighted by atomic mass is 35.5. The van der Waals surface area contributed by atoms with E-state index in [-0.39, 0.29) is 5.91 Å². The number of benzene rings is 1. The molecule has 79 valence electrons. The molecule has 16 heavy (non-hydrogen) atoms. The highest BCUT2D eigenvalue weighted by Crippen LogP contribution is 2.14. The van der Waals surface area contributed by atoms with Gasteiger partial charge in [-0.3, -0.25) is 9.78 Å². The van der Waals surface area contributed by atoms with E-state index < -0.39 is 0 Å². The summed E-state index contributed by atoms with van der Waals surface area (Å²) in [6.45, 7) is 0. The minimum absolute atomic E-state index is 0.216. The number of pyridine rings is 1. The van der Waals surface area contributed by atoms with Gasteiger partial charge < -0.3 is 5.32 Å². The molecule has 0 aliphatic heterocycles. The van der Waals surface area contributed by atoms with E-state index in [1.165, 1.54) is 12.4 Å². The third kappa shape index (κ3) is 2.58. The van der Waals surface area contributed by atoms with E-state index in [1.54, 1.807) is 30.3 Å². The topological polar surface area (TPSA) is 42.0 Å². The first-order valence-electron chi connectivity index (χ1n) is 4.64. The lowest BCUT2D eigenvalue weighted by Crippen LogP contribution is -2.11. The number of halogens is 1. The second-order valence-corrected chi connectivity index (χ2v) is 3.57. The molecule has 0 atom stereocenters. The second kappa shape index (κ2) is 4.77. The van der Waals surface area contributed by atoms with Crippen LogP contribution in [0.3, 0.4) is 0 Å². The molecule has 0 aliphatic carbocycles. The smallest absolute Gasteiger partial charge is 0.257 e. The van der Waals surface area contributed by atoms with Crippen molar-refractivity contribution < 1.29 is 4.79 Å². The third-order valence-corrected chi connectivity index (χ3v) is 2.22. The van der Waals surface area contributed by atoms with Crippen LogP contribution in [0.25, 0.3) is 0 Å². The zero-order valence-electron chi connectivity index (χ0n) is 8.27. The molecule has 3 nitrogen and oxygen atoms in total. The van der Waals surface area contributed by atoms with Gasteiger partial charge in [0.2, 0.25) is 0 Å². The van der Waals surface area contributed by atoms with E-state index in [9.17, 15) is 4.79 Å². The van der Waals surface area contributed by atoms with Gasteiger partial charge >= 0.3 is 0 Å². The quantitative estimate of drug-likeness (QED) is 0.864. The lowest BCUT2D eigenvalue weighted by molar-refractivity contribution is 0.102. The fourth-order valence-electron chi connectivity index (χ4n) is 1.19. The summed E-state index contributed by atoms with van der Waals surface area (Å²) in [4.78, 5) is 15.5. The van der Waals surface area contributed by atoms with E-state index in [0.29, 0.717) is 16.3 Å². The van der Waals surface area contributed by atoms with Crippen LogP contribution in [0.2, 0.25) is 5.02 Å². The number of aromatic nitrogens is 1. The lowest BCUT2D eigenvalue weighted by Gasteiger charge is -2.04. The molecule has 0 spiro atoms. The standard InChI is InChI=1S/C12H8ClN2O/c13-10-3-5-11(6-4-10)15-12(16)9-2-1-7-14-8-9/h2-8H,(H,15,16). The van der Waals surface area contributed by atoms with Crippen molar-refractivity contribution in [3.8, 4) is 0 Å². The van der Waals surface area contributed by atoms with Crippen LogP contribution >= 0.6 is 11.6 Å². The summed E-state index contributed by atoms with van der Waals surface area (Å²) in [6, 6.07) is 11.2. The second-order valence-electron chi connectivity index (χ2n) is 3.13. The van der Waals surface area contributed by atoms with Crippen LogP contribution in [0, 0.1) is 6.07 Å². The summed E-state index contributed by atoms with van der Waals surface area (Å²) in [6.07, 6.45) is 2.99. The van der Waals surface area contributed by atoms with Crippen LogP contribution in [0.5, 0.6) is 0 Å². The van der Waals surface area contributed by atoms with Gasteiger partial charge in [-0.15, -0.1) is 0 Å². The van der Waals surface area contributed by atoms with Gasteiger partial charge in [0.15, 0.2) is 0 Å². The summed E-state index contributed by atoms with van der Waals surface area (Å²) < 4.78 is 0. The fourth-order valence-corrected chi connectivity index (χ4v) is 1.31. The predicted molar refractivity (Wildman–Crippen MR) is 62.5 cm³/mol. The van der Waals surface area contributed by atoms with Crippen molar-refractivity contribution >= 4 is 23.2 Å². The number of hydrogen-bond acceptors (Lipinski definition) is 2. The van der Waals surface area contributed by atoms with Crippen LogP contribution < -0.4 is 5.32 Å². The number of anilines is 1. The van der Waals surface area contributed by atoms with Crippen molar-refractivity contribution in [3.63, 3.8) is 0 Å². The van der Waals surface area contributed by atoms with Crippen molar-refractivity contribution in [1.29, 1.82) is 0 Å². The van der Waals surface area contributed by atoms with Crippen molar-refractivity contribution in [2.24, 2.45) is 0 Å². The Morgan fingerprint density at radius 3 is 2.69 bits per heavy atom. The molecule has 1 aromatic carbocycles. The molecule has 1 heterocycles. The average molecular weight is 232 g/mol. The van der Waals surface area contributed by atoms with Gasteiger partial charge in [0, 0.05) is 29.2 Å². The number of nitrogens with one attached hydrogen (secondary N) is 1. The molecule has 0 saturated carbocycles. The summed E-state index contributed by atoms with van der Waals surface area (Å²) >= 11 is 5.74. The molecule has 0 bridgehead atoms. The normalized spacial score (nSPS) is 9.81. The van der Waals surface area contributed by atoms with Crippen LogP contribution in [-0.4, -0.2) is 10.9 Å². The summed E-state index contributed by atoms with van der Waals surface area (Å²) in [5, 5.41) is 3.36. The van der Waals surface area contributed by atoms with Crippen molar-refractivity contribution in [3.05, 3.63) is 59.4 Å². The van der Waals surface area contributed by atoms with Gasteiger partial charge in [0.1, 0.15) is 0 Å². The van der Waals surface area contributed by atoms with E-state index in [2.05, 4.69) is 16.4 Å². The van der Waals surface area contributed by atoms with E-state index in [0.717, 1.165) is 0 Å². The van der Waals surface area contributed by atoms with Crippen LogP contribution in [-0.2, 0) is 0 Å². The minimum Gasteiger partial charge on any atom is -0.322 e. The maximum Gasteiger partial charge on any atom is 0.257 e. The molecule has 1 N–H and O–H groups in total. The van der Waals surface area contributed by atoms with Crippen LogP contribution in [0.1, 0.15) is 10.4 Å². The Balaban J connectivity index is 2.11. The largest absolute Gasteiger partial charge is 0.322 e. The van der Waals surface area contributed by atoms with Crippen molar-refractivity contribution in [1.82, 2.24) is 4.98 Å². The zero-order valence-corrected chi connectivity index (χ0v) is 9.03. The van der Waals surface area contributed by atoms with Gasteiger partial charge in [-0.2, -0.15) is 0 Å². The first kappa shape index (κ1) is 10.6. The Bertz CT molecular complexity index is 482. The molecule has 0 fully saturated rings. The fraction of sp³-hybridized carbons (Fsp3) is 0. The molecule has 0 aliphatic rings. The Labute approximate surface area is 98.1 Å². The third-order valence-electron chi connectivity index (χ3n) is 1.97. The molecule has 2 aromatic rings. The van der Waals surface area contributed by atoms with Crippen LogP contribution in [0.15, 0.2) is 42.7 Å². The number of amides is 1. The van der Waals surface area contributed by atoms with E-state index >= 15 is 0 Å². The first-order valence-corrected chi connectivity index (χ1v) is 5.01. The number of carbonyl (C=O) groups excluding carboxylic acids is 1. The number of rotatable bonds is 2. The molecule has 1 aromatic heterocycles. The number of carbonyl (C=O) groups is 1. The van der Waals surface area contributed by atoms with E-state index in [4.69, 9.17) is 11.6 Å². The number of hydrogen-bond donors (Lipinski definition) is 1. The minimum atomic E-state index is -0.216. The molecule has 0 unspecified atom stereocenters. The molecular formula is C12H8ClN2O. The molecule has 2 rings (SSSR count). The monoisotopic (exact) mass is 231 g/mol. The van der Waals surface area contributed by atoms with Crippen LogP contribution in [0.4, 0.5) is 5.69 Å². The maximum absolute atomic E-state index is 11.7. The Morgan fingerprint density at radius 1 is 1.31 bits per heavy atom. The van der Waals surface area contributed by atoms with Gasteiger partial charge in [-0.25, -0.2) is 0 Å². The summed E-state index contributed by atoms with van der Waals surface area (Å²) in [5.41, 5.74) is 1.16. The van der Waals surface area contributed by atoms with Gasteiger partial charge in [0.25, 0.3) is 5.91 Å².